The monoisotopic (exact) mass is 272 g/mol. The van der Waals surface area contributed by atoms with Crippen LogP contribution in [0.15, 0.2) is 54.6 Å². The molecule has 2 aromatic carbocycles. The van der Waals surface area contributed by atoms with Gasteiger partial charge < -0.3 is 9.84 Å². The Bertz CT molecular complexity index is 577. The maximum absolute atomic E-state index is 13.1. The molecule has 2 aromatic rings. The minimum Gasteiger partial charge on any atom is -0.489 e. The average molecular weight is 272 g/mol. The van der Waals surface area contributed by atoms with E-state index in [4.69, 9.17) is 4.74 Å². The van der Waals surface area contributed by atoms with E-state index >= 15 is 0 Å². The summed E-state index contributed by atoms with van der Waals surface area (Å²) < 4.78 is 18.7. The van der Waals surface area contributed by atoms with Crippen LogP contribution in [-0.4, -0.2) is 11.7 Å². The first-order valence-electron chi connectivity index (χ1n) is 6.48. The van der Waals surface area contributed by atoms with E-state index in [0.717, 1.165) is 5.56 Å². The molecule has 0 spiro atoms. The highest BCUT2D eigenvalue weighted by Gasteiger charge is 2.09. The number of hydrogen-bond donors (Lipinski definition) is 1. The van der Waals surface area contributed by atoms with Crippen LogP contribution in [0.4, 0.5) is 4.39 Å². The van der Waals surface area contributed by atoms with Gasteiger partial charge in [0.05, 0.1) is 6.10 Å². The minimum atomic E-state index is -0.765. The summed E-state index contributed by atoms with van der Waals surface area (Å²) in [6, 6.07) is 14.0. The lowest BCUT2D eigenvalue weighted by Crippen LogP contribution is -2.01. The molecule has 104 valence electrons. The number of benzene rings is 2. The van der Waals surface area contributed by atoms with Gasteiger partial charge in [-0.3, -0.25) is 0 Å². The van der Waals surface area contributed by atoms with Gasteiger partial charge in [-0.2, -0.15) is 0 Å². The van der Waals surface area contributed by atoms with Crippen molar-refractivity contribution >= 4 is 6.08 Å². The van der Waals surface area contributed by atoms with Gasteiger partial charge in [0.2, 0.25) is 0 Å². The van der Waals surface area contributed by atoms with Crippen LogP contribution in [0, 0.1) is 5.82 Å². The Morgan fingerprint density at radius 1 is 1.20 bits per heavy atom. The maximum atomic E-state index is 13.1. The molecular weight excluding hydrogens is 255 g/mol. The fraction of sp³-hybridized carbons (Fsp3) is 0.176. The lowest BCUT2D eigenvalue weighted by atomic mass is 10.1. The Balaban J connectivity index is 1.99. The predicted molar refractivity (Wildman–Crippen MR) is 78.0 cm³/mol. The van der Waals surface area contributed by atoms with Crippen molar-refractivity contribution in [2.24, 2.45) is 0 Å². The molecule has 20 heavy (non-hydrogen) atoms. The van der Waals surface area contributed by atoms with Crippen LogP contribution in [-0.2, 0) is 0 Å². The SMILES string of the molecule is CC(O)c1cc(F)ccc1OC/C=C/c1ccccc1. The molecule has 1 atom stereocenters. The van der Waals surface area contributed by atoms with Crippen molar-refractivity contribution < 1.29 is 14.2 Å². The Kier molecular flexibility index (Phi) is 4.91. The first-order chi connectivity index (χ1) is 9.66. The van der Waals surface area contributed by atoms with Gasteiger partial charge >= 0.3 is 0 Å². The topological polar surface area (TPSA) is 29.5 Å². The molecule has 0 heterocycles. The molecule has 2 rings (SSSR count). The van der Waals surface area contributed by atoms with Crippen LogP contribution in [0.25, 0.3) is 6.08 Å². The number of hydrogen-bond acceptors (Lipinski definition) is 2. The fourth-order valence-corrected chi connectivity index (χ4v) is 1.86. The molecule has 0 amide bonds. The minimum absolute atomic E-state index is 0.361. The number of rotatable bonds is 5. The summed E-state index contributed by atoms with van der Waals surface area (Å²) in [4.78, 5) is 0. The molecule has 0 fully saturated rings. The molecule has 2 nitrogen and oxygen atoms in total. The highest BCUT2D eigenvalue weighted by molar-refractivity contribution is 5.48. The third kappa shape index (κ3) is 3.93. The second kappa shape index (κ2) is 6.87. The predicted octanol–water partition coefficient (Wildman–Crippen LogP) is 3.97. The highest BCUT2D eigenvalue weighted by atomic mass is 19.1. The van der Waals surface area contributed by atoms with E-state index in [2.05, 4.69) is 0 Å². The molecule has 0 saturated heterocycles. The van der Waals surface area contributed by atoms with Crippen molar-refractivity contribution in [3.8, 4) is 5.75 Å². The summed E-state index contributed by atoms with van der Waals surface area (Å²) in [5, 5.41) is 9.60. The number of halogens is 1. The maximum Gasteiger partial charge on any atom is 0.125 e. The van der Waals surface area contributed by atoms with Gasteiger partial charge in [0.15, 0.2) is 0 Å². The van der Waals surface area contributed by atoms with E-state index in [9.17, 15) is 9.50 Å². The molecule has 0 aliphatic heterocycles. The van der Waals surface area contributed by atoms with Crippen molar-refractivity contribution in [2.45, 2.75) is 13.0 Å². The van der Waals surface area contributed by atoms with Crippen LogP contribution >= 0.6 is 0 Å². The smallest absolute Gasteiger partial charge is 0.125 e. The van der Waals surface area contributed by atoms with Gasteiger partial charge in [-0.15, -0.1) is 0 Å². The molecular formula is C17H17FO2. The van der Waals surface area contributed by atoms with Gasteiger partial charge in [0, 0.05) is 5.56 Å². The Morgan fingerprint density at radius 2 is 1.95 bits per heavy atom. The Labute approximate surface area is 118 Å². The van der Waals surface area contributed by atoms with E-state index in [1.54, 1.807) is 6.92 Å². The van der Waals surface area contributed by atoms with Crippen LogP contribution in [0.3, 0.4) is 0 Å². The lowest BCUT2D eigenvalue weighted by molar-refractivity contribution is 0.192. The molecule has 1 unspecified atom stereocenters. The molecule has 0 radical (unpaired) electrons. The lowest BCUT2D eigenvalue weighted by Gasteiger charge is -2.12. The van der Waals surface area contributed by atoms with E-state index in [1.165, 1.54) is 18.2 Å². The molecule has 0 bridgehead atoms. The second-order valence-electron chi connectivity index (χ2n) is 4.48. The highest BCUT2D eigenvalue weighted by Crippen LogP contribution is 2.25. The molecule has 0 saturated carbocycles. The number of aliphatic hydroxyl groups is 1. The zero-order valence-electron chi connectivity index (χ0n) is 11.3. The Hall–Kier alpha value is -2.13. The summed E-state index contributed by atoms with van der Waals surface area (Å²) >= 11 is 0. The molecule has 0 aliphatic carbocycles. The standard InChI is InChI=1S/C17H17FO2/c1-13(19)16-12-15(18)9-10-17(16)20-11-5-8-14-6-3-2-4-7-14/h2-10,12-13,19H,11H2,1H3/b8-5+. The largest absolute Gasteiger partial charge is 0.489 e. The van der Waals surface area contributed by atoms with Crippen molar-refractivity contribution in [2.75, 3.05) is 6.61 Å². The first-order valence-corrected chi connectivity index (χ1v) is 6.48. The van der Waals surface area contributed by atoms with Crippen molar-refractivity contribution in [3.05, 3.63) is 71.6 Å². The van der Waals surface area contributed by atoms with Crippen LogP contribution < -0.4 is 4.74 Å². The van der Waals surface area contributed by atoms with Gasteiger partial charge in [-0.1, -0.05) is 36.4 Å². The summed E-state index contributed by atoms with van der Waals surface area (Å²) in [6.07, 6.45) is 3.06. The normalized spacial score (nSPS) is 12.6. The quantitative estimate of drug-likeness (QED) is 0.892. The second-order valence-corrected chi connectivity index (χ2v) is 4.48. The zero-order valence-corrected chi connectivity index (χ0v) is 11.3. The summed E-state index contributed by atoms with van der Waals surface area (Å²) in [5.74, 6) is 0.118. The van der Waals surface area contributed by atoms with Crippen molar-refractivity contribution in [1.82, 2.24) is 0 Å². The van der Waals surface area contributed by atoms with E-state index in [-0.39, 0.29) is 5.82 Å². The van der Waals surface area contributed by atoms with Crippen LogP contribution in [0.2, 0.25) is 0 Å². The van der Waals surface area contributed by atoms with Crippen LogP contribution in [0.1, 0.15) is 24.2 Å². The molecule has 3 heteroatoms. The van der Waals surface area contributed by atoms with E-state index < -0.39 is 6.10 Å². The Morgan fingerprint density at radius 3 is 2.65 bits per heavy atom. The van der Waals surface area contributed by atoms with Crippen molar-refractivity contribution in [1.29, 1.82) is 0 Å². The molecule has 1 N–H and O–H groups in total. The first kappa shape index (κ1) is 14.3. The van der Waals surface area contributed by atoms with Gasteiger partial charge in [-0.05, 0) is 36.8 Å². The van der Waals surface area contributed by atoms with Crippen molar-refractivity contribution in [3.63, 3.8) is 0 Å². The summed E-state index contributed by atoms with van der Waals surface area (Å²) in [6.45, 7) is 1.95. The number of aliphatic hydroxyl groups excluding tert-OH is 1. The third-order valence-electron chi connectivity index (χ3n) is 2.87. The zero-order chi connectivity index (χ0) is 14.4. The third-order valence-corrected chi connectivity index (χ3v) is 2.87. The van der Waals surface area contributed by atoms with E-state index in [0.29, 0.717) is 17.9 Å². The number of ether oxygens (including phenoxy) is 1. The van der Waals surface area contributed by atoms with Crippen LogP contribution in [0.5, 0.6) is 5.75 Å². The molecule has 0 aromatic heterocycles. The van der Waals surface area contributed by atoms with Gasteiger partial charge in [0.25, 0.3) is 0 Å². The van der Waals surface area contributed by atoms with Gasteiger partial charge in [-0.25, -0.2) is 4.39 Å². The summed E-state index contributed by atoms with van der Waals surface area (Å²) in [5.41, 5.74) is 1.55. The van der Waals surface area contributed by atoms with Gasteiger partial charge in [0.1, 0.15) is 18.2 Å². The molecule has 0 aliphatic rings. The summed E-state index contributed by atoms with van der Waals surface area (Å²) in [7, 11) is 0. The fourth-order valence-electron chi connectivity index (χ4n) is 1.86. The average Bonchev–Trinajstić information content (AvgIpc) is 2.45. The van der Waals surface area contributed by atoms with E-state index in [1.807, 2.05) is 42.5 Å².